The molecular weight excluding hydrogens is 338 g/mol. The minimum atomic E-state index is 0.0361. The van der Waals surface area contributed by atoms with Crippen molar-refractivity contribution < 1.29 is 9.53 Å². The Hall–Kier alpha value is -0.650. The number of amides is 1. The van der Waals surface area contributed by atoms with Gasteiger partial charge in [0.15, 0.2) is 0 Å². The zero-order valence-corrected chi connectivity index (χ0v) is 17.5. The largest absolute Gasteiger partial charge is 0.375 e. The molecule has 0 aromatic heterocycles. The molecule has 154 valence electrons. The Kier molecular flexibility index (Phi) is 6.10. The second-order valence-corrected chi connectivity index (χ2v) is 9.86. The van der Waals surface area contributed by atoms with Crippen LogP contribution in [0.5, 0.6) is 0 Å². The van der Waals surface area contributed by atoms with Gasteiger partial charge in [0.05, 0.1) is 5.60 Å². The van der Waals surface area contributed by atoms with Crippen LogP contribution >= 0.6 is 0 Å². The Morgan fingerprint density at radius 3 is 2.33 bits per heavy atom. The third-order valence-electron chi connectivity index (χ3n) is 7.45. The molecule has 1 amide bonds. The molecule has 5 nitrogen and oxygen atoms in total. The minimum Gasteiger partial charge on any atom is -0.375 e. The summed E-state index contributed by atoms with van der Waals surface area (Å²) in [7, 11) is 0. The van der Waals surface area contributed by atoms with Gasteiger partial charge in [0, 0.05) is 64.4 Å². The van der Waals surface area contributed by atoms with Crippen molar-refractivity contribution in [3.8, 4) is 0 Å². The molecule has 1 atom stereocenters. The summed E-state index contributed by atoms with van der Waals surface area (Å²) in [6, 6.07) is 0.675. The van der Waals surface area contributed by atoms with E-state index in [2.05, 4.69) is 28.5 Å². The fourth-order valence-corrected chi connectivity index (χ4v) is 5.54. The molecule has 3 saturated heterocycles. The van der Waals surface area contributed by atoms with Crippen LogP contribution in [0.4, 0.5) is 0 Å². The number of hydrogen-bond donors (Lipinski definition) is 0. The van der Waals surface area contributed by atoms with Crippen LogP contribution in [0.15, 0.2) is 0 Å². The maximum absolute atomic E-state index is 12.5. The van der Waals surface area contributed by atoms with Crippen molar-refractivity contribution in [2.45, 2.75) is 70.4 Å². The molecule has 0 N–H and O–H groups in total. The van der Waals surface area contributed by atoms with Crippen LogP contribution in [0.3, 0.4) is 0 Å². The smallest absolute Gasteiger partial charge is 0.225 e. The number of hydrogen-bond acceptors (Lipinski definition) is 4. The van der Waals surface area contributed by atoms with Gasteiger partial charge in [-0.15, -0.1) is 0 Å². The second-order valence-electron chi connectivity index (χ2n) is 9.86. The van der Waals surface area contributed by atoms with Gasteiger partial charge in [0.25, 0.3) is 0 Å². The summed E-state index contributed by atoms with van der Waals surface area (Å²) in [5.74, 6) is 1.52. The van der Waals surface area contributed by atoms with Crippen molar-refractivity contribution in [3.63, 3.8) is 0 Å². The summed E-state index contributed by atoms with van der Waals surface area (Å²) in [5, 5.41) is 0. The molecule has 1 unspecified atom stereocenters. The molecule has 1 aliphatic carbocycles. The molecule has 0 bridgehead atoms. The van der Waals surface area contributed by atoms with Gasteiger partial charge in [-0.25, -0.2) is 0 Å². The van der Waals surface area contributed by atoms with Crippen molar-refractivity contribution >= 4 is 5.91 Å². The molecule has 0 radical (unpaired) electrons. The van der Waals surface area contributed by atoms with Crippen molar-refractivity contribution in [1.29, 1.82) is 0 Å². The number of piperazine rings is 1. The van der Waals surface area contributed by atoms with Gasteiger partial charge in [-0.2, -0.15) is 0 Å². The lowest BCUT2D eigenvalue weighted by Crippen LogP contribution is -2.58. The predicted octanol–water partition coefficient (Wildman–Crippen LogP) is 2.60. The van der Waals surface area contributed by atoms with E-state index >= 15 is 0 Å². The first kappa shape index (κ1) is 19.7. The van der Waals surface area contributed by atoms with Crippen LogP contribution in [-0.4, -0.2) is 84.7 Å². The monoisotopic (exact) mass is 377 g/mol. The van der Waals surface area contributed by atoms with E-state index in [9.17, 15) is 4.79 Å². The number of rotatable bonds is 4. The zero-order chi connectivity index (χ0) is 18.9. The standard InChI is InChI=1S/C22H39N3O2/c1-18(2)17-23-11-13-24(14-12-23)20-6-15-27-22(16-20)7-9-25(10-8-22)21(26)19-4-3-5-19/h18-20H,3-17H2,1-2H3. The lowest BCUT2D eigenvalue weighted by Gasteiger charge is -2.50. The van der Waals surface area contributed by atoms with Gasteiger partial charge < -0.3 is 14.5 Å². The maximum Gasteiger partial charge on any atom is 0.225 e. The van der Waals surface area contributed by atoms with E-state index in [0.717, 1.165) is 51.3 Å². The van der Waals surface area contributed by atoms with Crippen LogP contribution in [-0.2, 0) is 9.53 Å². The van der Waals surface area contributed by atoms with Gasteiger partial charge in [-0.05, 0) is 44.4 Å². The summed E-state index contributed by atoms with van der Waals surface area (Å²) in [6.07, 6.45) is 7.89. The number of likely N-dealkylation sites (tertiary alicyclic amines) is 1. The average molecular weight is 378 g/mol. The number of piperidine rings is 1. The molecule has 4 rings (SSSR count). The van der Waals surface area contributed by atoms with E-state index in [1.807, 2.05) is 0 Å². The van der Waals surface area contributed by atoms with E-state index in [-0.39, 0.29) is 5.60 Å². The molecular formula is C22H39N3O2. The van der Waals surface area contributed by atoms with Gasteiger partial charge in [-0.3, -0.25) is 9.69 Å². The number of nitrogens with zero attached hydrogens (tertiary/aromatic N) is 3. The van der Waals surface area contributed by atoms with Crippen LogP contribution in [0.1, 0.15) is 58.8 Å². The average Bonchev–Trinajstić information content (AvgIpc) is 2.61. The van der Waals surface area contributed by atoms with Crippen molar-refractivity contribution in [3.05, 3.63) is 0 Å². The van der Waals surface area contributed by atoms with Gasteiger partial charge in [0.1, 0.15) is 0 Å². The highest BCUT2D eigenvalue weighted by Gasteiger charge is 2.43. The maximum atomic E-state index is 12.5. The third-order valence-corrected chi connectivity index (χ3v) is 7.45. The lowest BCUT2D eigenvalue weighted by atomic mass is 9.80. The molecule has 4 fully saturated rings. The minimum absolute atomic E-state index is 0.0361. The molecule has 4 aliphatic rings. The Morgan fingerprint density at radius 1 is 1.04 bits per heavy atom. The molecule has 1 saturated carbocycles. The summed E-state index contributed by atoms with van der Waals surface area (Å²) < 4.78 is 6.36. The Labute approximate surface area is 165 Å². The van der Waals surface area contributed by atoms with E-state index in [4.69, 9.17) is 4.74 Å². The molecule has 27 heavy (non-hydrogen) atoms. The lowest BCUT2D eigenvalue weighted by molar-refractivity contribution is -0.154. The fraction of sp³-hybridized carbons (Fsp3) is 0.955. The van der Waals surface area contributed by atoms with Crippen molar-refractivity contribution in [1.82, 2.24) is 14.7 Å². The predicted molar refractivity (Wildman–Crippen MR) is 108 cm³/mol. The zero-order valence-electron chi connectivity index (χ0n) is 17.5. The van der Waals surface area contributed by atoms with Crippen LogP contribution in [0.25, 0.3) is 0 Å². The molecule has 1 spiro atoms. The summed E-state index contributed by atoms with van der Waals surface area (Å²) in [4.78, 5) is 20.0. The van der Waals surface area contributed by atoms with Crippen molar-refractivity contribution in [2.75, 3.05) is 52.4 Å². The topological polar surface area (TPSA) is 36.0 Å². The quantitative estimate of drug-likeness (QED) is 0.755. The Morgan fingerprint density at radius 2 is 1.74 bits per heavy atom. The van der Waals surface area contributed by atoms with E-state index in [1.165, 1.54) is 52.0 Å². The van der Waals surface area contributed by atoms with Crippen LogP contribution in [0.2, 0.25) is 0 Å². The van der Waals surface area contributed by atoms with E-state index in [0.29, 0.717) is 17.9 Å². The molecule has 0 aromatic carbocycles. The first-order valence-corrected chi connectivity index (χ1v) is 11.4. The summed E-state index contributed by atoms with van der Waals surface area (Å²) in [5.41, 5.74) is 0.0361. The van der Waals surface area contributed by atoms with Gasteiger partial charge >= 0.3 is 0 Å². The number of carbonyl (C=O) groups is 1. The number of carbonyl (C=O) groups excluding carboxylic acids is 1. The first-order chi connectivity index (χ1) is 13.0. The highest BCUT2D eigenvalue weighted by molar-refractivity contribution is 5.79. The SMILES string of the molecule is CC(C)CN1CCN(C2CCOC3(CCN(C(=O)C4CCC4)CC3)C2)CC1. The molecule has 0 aromatic rings. The Balaban J connectivity index is 1.27. The highest BCUT2D eigenvalue weighted by Crippen LogP contribution is 2.38. The first-order valence-electron chi connectivity index (χ1n) is 11.4. The normalized spacial score (nSPS) is 30.6. The molecule has 3 heterocycles. The number of ether oxygens (including phenoxy) is 1. The third kappa shape index (κ3) is 4.51. The highest BCUT2D eigenvalue weighted by atomic mass is 16.5. The Bertz CT molecular complexity index is 504. The second kappa shape index (κ2) is 8.38. The summed E-state index contributed by atoms with van der Waals surface area (Å²) >= 11 is 0. The van der Waals surface area contributed by atoms with Crippen molar-refractivity contribution in [2.24, 2.45) is 11.8 Å². The van der Waals surface area contributed by atoms with E-state index in [1.54, 1.807) is 0 Å². The summed E-state index contributed by atoms with van der Waals surface area (Å²) in [6.45, 7) is 13.4. The van der Waals surface area contributed by atoms with Crippen LogP contribution < -0.4 is 0 Å². The molecule has 5 heteroatoms. The van der Waals surface area contributed by atoms with Crippen LogP contribution in [0, 0.1) is 11.8 Å². The fourth-order valence-electron chi connectivity index (χ4n) is 5.54. The van der Waals surface area contributed by atoms with E-state index < -0.39 is 0 Å². The molecule has 3 aliphatic heterocycles. The van der Waals surface area contributed by atoms with Gasteiger partial charge in [-0.1, -0.05) is 20.3 Å². The van der Waals surface area contributed by atoms with Gasteiger partial charge in [0.2, 0.25) is 5.91 Å².